The third-order valence-corrected chi connectivity index (χ3v) is 0. The van der Waals surface area contributed by atoms with Crippen LogP contribution in [0.4, 0.5) is 0 Å². The average Bonchev–Trinajstić information content (AvgIpc) is 0.811. The molecule has 0 aromatic heterocycles. The molecule has 0 aliphatic rings. The van der Waals surface area contributed by atoms with E-state index in [0.717, 1.165) is 6.92 Å². The Morgan fingerprint density at radius 1 is 1.67 bits per heavy atom. The Hall–Kier alpha value is 1.04. The minimum absolute atomic E-state index is 0. The molecule has 0 radical (unpaired) electrons. The van der Waals surface area contributed by atoms with Crippen LogP contribution in [0.3, 0.4) is 0 Å². The number of carbonyl (C=O) groups excluding carboxylic acids is 1. The van der Waals surface area contributed by atoms with E-state index < -0.39 is 5.97 Å². The van der Waals surface area contributed by atoms with E-state index >= 15 is 0 Å². The molecule has 0 rings (SSSR count). The van der Waals surface area contributed by atoms with Crippen LogP contribution < -0.4 is 61.2 Å². The van der Waals surface area contributed by atoms with Crippen molar-refractivity contribution in [2.24, 2.45) is 0 Å². The van der Waals surface area contributed by atoms with Crippen LogP contribution in [0.25, 0.3) is 0 Å². The van der Waals surface area contributed by atoms with Crippen LogP contribution in [0.1, 0.15) is 6.92 Å². The minimum Gasteiger partial charge on any atom is -1.00 e. The van der Waals surface area contributed by atoms with Crippen LogP contribution >= 0.6 is 0 Å². The Balaban J connectivity index is -0.0000000450. The molecule has 0 bridgehead atoms. The van der Waals surface area contributed by atoms with Crippen molar-refractivity contribution >= 4 is 5.97 Å². The molecule has 0 spiro atoms. The molecule has 0 fully saturated rings. The SMILES string of the molecule is CC(=O)[O-].[F-].[K+]. The maximum Gasteiger partial charge on any atom is 1.00 e. The molecule has 0 saturated carbocycles. The Bertz CT molecular complexity index is 34.5. The smallest absolute Gasteiger partial charge is 1.00 e. The number of carboxylic acid groups (broad SMARTS) is 1. The number of rotatable bonds is 0. The molecule has 0 aliphatic carbocycles. The van der Waals surface area contributed by atoms with Crippen molar-refractivity contribution in [3.05, 3.63) is 0 Å². The molecule has 2 nitrogen and oxygen atoms in total. The molecule has 0 aliphatic heterocycles. The minimum atomic E-state index is -1.08. The van der Waals surface area contributed by atoms with Gasteiger partial charge in [-0.15, -0.1) is 0 Å². The largest absolute Gasteiger partial charge is 1.00 e. The van der Waals surface area contributed by atoms with Gasteiger partial charge in [0.1, 0.15) is 0 Å². The van der Waals surface area contributed by atoms with Crippen LogP contribution in [-0.2, 0) is 4.79 Å². The molecule has 32 valence electrons. The molecular formula is C2H3FKO2-. The van der Waals surface area contributed by atoms with Crippen molar-refractivity contribution in [1.82, 2.24) is 0 Å². The third kappa shape index (κ3) is 76.4. The van der Waals surface area contributed by atoms with Gasteiger partial charge in [0.2, 0.25) is 0 Å². The second kappa shape index (κ2) is 9.40. The fourth-order valence-corrected chi connectivity index (χ4v) is 0. The Kier molecular flexibility index (Phi) is 24.6. The zero-order valence-electron chi connectivity index (χ0n) is 3.69. The van der Waals surface area contributed by atoms with E-state index in [1.807, 2.05) is 0 Å². The molecule has 6 heavy (non-hydrogen) atoms. The maximum absolute atomic E-state index is 8.89. The predicted octanol–water partition coefficient (Wildman–Crippen LogP) is -7.24. The number of carbonyl (C=O) groups is 1. The van der Waals surface area contributed by atoms with E-state index in [1.165, 1.54) is 0 Å². The van der Waals surface area contributed by atoms with Crippen molar-refractivity contribution < 1.29 is 66.0 Å². The summed E-state index contributed by atoms with van der Waals surface area (Å²) in [6, 6.07) is 0. The molecule has 0 aromatic rings. The topological polar surface area (TPSA) is 40.1 Å². The molecule has 0 saturated heterocycles. The number of halogens is 1. The molecule has 0 atom stereocenters. The maximum atomic E-state index is 8.89. The Morgan fingerprint density at radius 3 is 1.67 bits per heavy atom. The summed E-state index contributed by atoms with van der Waals surface area (Å²) in [5, 5.41) is 8.89. The normalized spacial score (nSPS) is 4.17. The van der Waals surface area contributed by atoms with E-state index in [1.54, 1.807) is 0 Å². The van der Waals surface area contributed by atoms with Gasteiger partial charge in [-0.1, -0.05) is 0 Å². The average molecular weight is 117 g/mol. The van der Waals surface area contributed by atoms with Gasteiger partial charge in [-0.25, -0.2) is 0 Å². The van der Waals surface area contributed by atoms with Gasteiger partial charge in [-0.2, -0.15) is 0 Å². The monoisotopic (exact) mass is 117 g/mol. The van der Waals surface area contributed by atoms with E-state index in [9.17, 15) is 0 Å². The summed E-state index contributed by atoms with van der Waals surface area (Å²) >= 11 is 0. The summed E-state index contributed by atoms with van der Waals surface area (Å²) in [6.45, 7) is 0.972. The van der Waals surface area contributed by atoms with E-state index in [2.05, 4.69) is 0 Å². The molecule has 4 heteroatoms. The standard InChI is InChI=1S/C2H4O2.FH.K/c1-2(3)4;;/h1H3,(H,3,4);1H;/q;;+1/p-2. The van der Waals surface area contributed by atoms with E-state index in [0.29, 0.717) is 0 Å². The van der Waals surface area contributed by atoms with Gasteiger partial charge < -0.3 is 14.6 Å². The summed E-state index contributed by atoms with van der Waals surface area (Å²) in [7, 11) is 0. The van der Waals surface area contributed by atoms with Crippen LogP contribution in [0.2, 0.25) is 0 Å². The van der Waals surface area contributed by atoms with Crippen LogP contribution in [0.15, 0.2) is 0 Å². The van der Waals surface area contributed by atoms with Crippen LogP contribution in [0.5, 0.6) is 0 Å². The summed E-state index contributed by atoms with van der Waals surface area (Å²) in [5.74, 6) is -1.08. The van der Waals surface area contributed by atoms with E-state index in [-0.39, 0.29) is 56.1 Å². The van der Waals surface area contributed by atoms with Crippen molar-refractivity contribution in [3.63, 3.8) is 0 Å². The molecule has 0 unspecified atom stereocenters. The number of aliphatic carboxylic acids is 1. The second-order valence-electron chi connectivity index (χ2n) is 0.492. The number of carboxylic acids is 1. The fourth-order valence-electron chi connectivity index (χ4n) is 0. The van der Waals surface area contributed by atoms with E-state index in [4.69, 9.17) is 9.90 Å². The van der Waals surface area contributed by atoms with Crippen LogP contribution in [-0.4, -0.2) is 5.97 Å². The summed E-state index contributed by atoms with van der Waals surface area (Å²) in [5.41, 5.74) is 0. The first-order valence-corrected chi connectivity index (χ1v) is 0.908. The predicted molar refractivity (Wildman–Crippen MR) is 10.7 cm³/mol. The summed E-state index contributed by atoms with van der Waals surface area (Å²) < 4.78 is 0. The Labute approximate surface area is 77.7 Å². The van der Waals surface area contributed by atoms with Crippen LogP contribution in [0, 0.1) is 0 Å². The van der Waals surface area contributed by atoms with Gasteiger partial charge in [0, 0.05) is 5.97 Å². The molecule has 0 N–H and O–H groups in total. The first kappa shape index (κ1) is 15.7. The van der Waals surface area contributed by atoms with Crippen molar-refractivity contribution in [2.75, 3.05) is 0 Å². The van der Waals surface area contributed by atoms with Crippen molar-refractivity contribution in [2.45, 2.75) is 6.92 Å². The van der Waals surface area contributed by atoms with Gasteiger partial charge in [-0.05, 0) is 6.92 Å². The number of hydrogen-bond donors (Lipinski definition) is 0. The molecular weight excluding hydrogens is 114 g/mol. The summed E-state index contributed by atoms with van der Waals surface area (Å²) in [6.07, 6.45) is 0. The third-order valence-electron chi connectivity index (χ3n) is 0. The first-order chi connectivity index (χ1) is 1.73. The Morgan fingerprint density at radius 2 is 1.67 bits per heavy atom. The van der Waals surface area contributed by atoms with Crippen molar-refractivity contribution in [3.8, 4) is 0 Å². The van der Waals surface area contributed by atoms with Crippen molar-refractivity contribution in [1.29, 1.82) is 0 Å². The van der Waals surface area contributed by atoms with Gasteiger partial charge in [0.25, 0.3) is 0 Å². The van der Waals surface area contributed by atoms with Gasteiger partial charge in [0.05, 0.1) is 0 Å². The van der Waals surface area contributed by atoms with Gasteiger partial charge in [-0.3, -0.25) is 0 Å². The molecule has 0 amide bonds. The first-order valence-electron chi connectivity index (χ1n) is 0.908. The summed E-state index contributed by atoms with van der Waals surface area (Å²) in [4.78, 5) is 8.89. The fraction of sp³-hybridized carbons (Fsp3) is 0.500. The van der Waals surface area contributed by atoms with Gasteiger partial charge >= 0.3 is 51.4 Å². The number of hydrogen-bond acceptors (Lipinski definition) is 2. The molecule has 0 aromatic carbocycles. The van der Waals surface area contributed by atoms with Gasteiger partial charge in [0.15, 0.2) is 0 Å². The molecule has 0 heterocycles. The zero-order chi connectivity index (χ0) is 3.58. The zero-order valence-corrected chi connectivity index (χ0v) is 6.82. The second-order valence-corrected chi connectivity index (χ2v) is 0.492. The quantitative estimate of drug-likeness (QED) is 0.296.